The number of aryl methyl sites for hydroxylation is 3. The van der Waals surface area contributed by atoms with Crippen LogP contribution in [-0.4, -0.2) is 29.4 Å². The Labute approximate surface area is 172 Å². The van der Waals surface area contributed by atoms with Gasteiger partial charge in [-0.05, 0) is 64.0 Å². The maximum absolute atomic E-state index is 13.5. The minimum absolute atomic E-state index is 0. The maximum atomic E-state index is 13.5. The number of rotatable bonds is 4. The molecule has 1 atom stereocenters. The molecular formula is C19H27ClN4O3S. The summed E-state index contributed by atoms with van der Waals surface area (Å²) in [5.74, 6) is 0.848. The summed E-state index contributed by atoms with van der Waals surface area (Å²) in [5.41, 5.74) is 8.35. The van der Waals surface area contributed by atoms with E-state index in [1.54, 1.807) is 0 Å². The first-order valence-corrected chi connectivity index (χ1v) is 10.9. The van der Waals surface area contributed by atoms with Gasteiger partial charge in [-0.25, -0.2) is 8.42 Å². The Hall–Kier alpha value is -1.48. The molecule has 7 nitrogen and oxygen atoms in total. The van der Waals surface area contributed by atoms with Crippen LogP contribution in [0.4, 0.5) is 0 Å². The molecule has 0 spiro atoms. The van der Waals surface area contributed by atoms with Gasteiger partial charge in [0.2, 0.25) is 15.9 Å². The molecule has 2 fully saturated rings. The van der Waals surface area contributed by atoms with Crippen molar-refractivity contribution < 1.29 is 12.9 Å². The fourth-order valence-electron chi connectivity index (χ4n) is 4.32. The third-order valence-electron chi connectivity index (χ3n) is 5.79. The van der Waals surface area contributed by atoms with Gasteiger partial charge in [-0.2, -0.15) is 9.29 Å². The summed E-state index contributed by atoms with van der Waals surface area (Å²) in [4.78, 5) is 4.88. The molecule has 1 aromatic carbocycles. The predicted molar refractivity (Wildman–Crippen MR) is 108 cm³/mol. The van der Waals surface area contributed by atoms with Crippen molar-refractivity contribution in [2.45, 2.75) is 69.4 Å². The van der Waals surface area contributed by atoms with E-state index in [-0.39, 0.29) is 12.4 Å². The number of hydrogen-bond donors (Lipinski definition) is 1. The second-order valence-corrected chi connectivity index (χ2v) is 9.79. The van der Waals surface area contributed by atoms with Crippen LogP contribution in [0.3, 0.4) is 0 Å². The van der Waals surface area contributed by atoms with Gasteiger partial charge in [0.25, 0.3) is 0 Å². The van der Waals surface area contributed by atoms with E-state index in [9.17, 15) is 8.42 Å². The zero-order chi connectivity index (χ0) is 19.4. The van der Waals surface area contributed by atoms with E-state index >= 15 is 0 Å². The lowest BCUT2D eigenvalue weighted by molar-refractivity contribution is 0.227. The summed E-state index contributed by atoms with van der Waals surface area (Å²) in [5, 5.41) is 4.06. The van der Waals surface area contributed by atoms with Gasteiger partial charge < -0.3 is 10.3 Å². The quantitative estimate of drug-likeness (QED) is 0.804. The van der Waals surface area contributed by atoms with Gasteiger partial charge in [-0.15, -0.1) is 12.4 Å². The summed E-state index contributed by atoms with van der Waals surface area (Å²) in [7, 11) is -3.66. The minimum Gasteiger partial charge on any atom is -0.337 e. The molecule has 2 heterocycles. The lowest BCUT2D eigenvalue weighted by Crippen LogP contribution is -2.44. The van der Waals surface area contributed by atoms with Crippen LogP contribution in [0.2, 0.25) is 0 Å². The molecule has 0 bridgehead atoms. The van der Waals surface area contributed by atoms with Gasteiger partial charge in [0.15, 0.2) is 5.82 Å². The summed E-state index contributed by atoms with van der Waals surface area (Å²) < 4.78 is 33.9. The van der Waals surface area contributed by atoms with Crippen LogP contribution in [-0.2, 0) is 15.6 Å². The van der Waals surface area contributed by atoms with Crippen molar-refractivity contribution in [3.63, 3.8) is 0 Å². The van der Waals surface area contributed by atoms with Crippen LogP contribution in [0.25, 0.3) is 0 Å². The van der Waals surface area contributed by atoms with E-state index in [1.165, 1.54) is 4.31 Å². The largest absolute Gasteiger partial charge is 0.337 e. The molecule has 0 amide bonds. The summed E-state index contributed by atoms with van der Waals surface area (Å²) in [6.07, 6.45) is 4.15. The molecule has 2 N–H and O–H groups in total. The third-order valence-corrected chi connectivity index (χ3v) is 8.01. The van der Waals surface area contributed by atoms with Gasteiger partial charge >= 0.3 is 0 Å². The van der Waals surface area contributed by atoms with Gasteiger partial charge in [0, 0.05) is 6.54 Å². The molecule has 2 aliphatic rings. The predicted octanol–water partition coefficient (Wildman–Crippen LogP) is 3.28. The number of halogens is 1. The Bertz CT molecular complexity index is 962. The lowest BCUT2D eigenvalue weighted by atomic mass is 9.77. The molecule has 1 unspecified atom stereocenters. The highest BCUT2D eigenvalue weighted by atomic mass is 35.5. The SMILES string of the molecule is Cc1cc(C)c(S(=O)(=O)N2CCCC2c2nc(C3(N)CCC3)no2)c(C)c1.Cl. The Morgan fingerprint density at radius 1 is 1.18 bits per heavy atom. The summed E-state index contributed by atoms with van der Waals surface area (Å²) in [6.45, 7) is 6.11. The molecule has 28 heavy (non-hydrogen) atoms. The fraction of sp³-hybridized carbons (Fsp3) is 0.579. The van der Waals surface area contributed by atoms with Crippen molar-refractivity contribution >= 4 is 22.4 Å². The molecule has 1 aliphatic carbocycles. The summed E-state index contributed by atoms with van der Waals surface area (Å²) in [6, 6.07) is 3.38. The number of aromatic nitrogens is 2. The molecule has 9 heteroatoms. The topological polar surface area (TPSA) is 102 Å². The third kappa shape index (κ3) is 3.36. The molecule has 0 radical (unpaired) electrons. The van der Waals surface area contributed by atoms with E-state index in [1.807, 2.05) is 32.9 Å². The maximum Gasteiger partial charge on any atom is 0.245 e. The number of hydrogen-bond acceptors (Lipinski definition) is 6. The van der Waals surface area contributed by atoms with E-state index < -0.39 is 21.6 Å². The molecular weight excluding hydrogens is 400 g/mol. The molecule has 1 aliphatic heterocycles. The lowest BCUT2D eigenvalue weighted by Gasteiger charge is -2.34. The Morgan fingerprint density at radius 2 is 1.82 bits per heavy atom. The van der Waals surface area contributed by atoms with Gasteiger partial charge in [-0.1, -0.05) is 22.9 Å². The molecule has 1 saturated heterocycles. The first kappa shape index (κ1) is 21.2. The molecule has 2 aromatic rings. The average Bonchev–Trinajstić information content (AvgIpc) is 3.20. The van der Waals surface area contributed by atoms with E-state index in [2.05, 4.69) is 10.1 Å². The Kier molecular flexibility index (Phi) is 5.62. The van der Waals surface area contributed by atoms with Crippen LogP contribution >= 0.6 is 12.4 Å². The Balaban J connectivity index is 0.00000225. The zero-order valence-corrected chi connectivity index (χ0v) is 18.1. The van der Waals surface area contributed by atoms with Crippen molar-refractivity contribution in [2.24, 2.45) is 5.73 Å². The Morgan fingerprint density at radius 3 is 2.39 bits per heavy atom. The minimum atomic E-state index is -3.66. The second-order valence-electron chi connectivity index (χ2n) is 7.97. The molecule has 4 rings (SSSR count). The smallest absolute Gasteiger partial charge is 0.245 e. The fourth-order valence-corrected chi connectivity index (χ4v) is 6.39. The number of sulfonamides is 1. The van der Waals surface area contributed by atoms with Crippen molar-refractivity contribution in [3.05, 3.63) is 40.5 Å². The normalized spacial score (nSPS) is 21.9. The highest BCUT2D eigenvalue weighted by Crippen LogP contribution is 2.40. The van der Waals surface area contributed by atoms with Crippen molar-refractivity contribution in [1.29, 1.82) is 0 Å². The van der Waals surface area contributed by atoms with Gasteiger partial charge in [0.05, 0.1) is 10.4 Å². The first-order valence-electron chi connectivity index (χ1n) is 9.45. The van der Waals surface area contributed by atoms with E-state index in [0.29, 0.717) is 29.6 Å². The van der Waals surface area contributed by atoms with Crippen LogP contribution in [0.15, 0.2) is 21.6 Å². The number of benzene rings is 1. The first-order chi connectivity index (χ1) is 12.7. The van der Waals surface area contributed by atoms with Crippen molar-refractivity contribution in [3.8, 4) is 0 Å². The number of nitrogens with two attached hydrogens (primary N) is 1. The van der Waals surface area contributed by atoms with Gasteiger partial charge in [0.1, 0.15) is 6.04 Å². The van der Waals surface area contributed by atoms with E-state index in [4.69, 9.17) is 10.3 Å². The molecule has 1 aromatic heterocycles. The van der Waals surface area contributed by atoms with Crippen LogP contribution in [0, 0.1) is 20.8 Å². The highest BCUT2D eigenvalue weighted by Gasteiger charge is 2.43. The van der Waals surface area contributed by atoms with Crippen LogP contribution < -0.4 is 5.73 Å². The monoisotopic (exact) mass is 426 g/mol. The van der Waals surface area contributed by atoms with E-state index in [0.717, 1.165) is 42.4 Å². The highest BCUT2D eigenvalue weighted by molar-refractivity contribution is 7.89. The molecule has 154 valence electrons. The average molecular weight is 427 g/mol. The van der Waals surface area contributed by atoms with Crippen molar-refractivity contribution in [1.82, 2.24) is 14.4 Å². The second kappa shape index (κ2) is 7.40. The zero-order valence-electron chi connectivity index (χ0n) is 16.4. The summed E-state index contributed by atoms with van der Waals surface area (Å²) >= 11 is 0. The van der Waals surface area contributed by atoms with Crippen LogP contribution in [0.5, 0.6) is 0 Å². The van der Waals surface area contributed by atoms with Crippen molar-refractivity contribution in [2.75, 3.05) is 6.54 Å². The van der Waals surface area contributed by atoms with Crippen LogP contribution in [0.1, 0.15) is 66.6 Å². The standard InChI is InChI=1S/C19H26N4O3S.ClH/c1-12-10-13(2)16(14(3)11-12)27(24,25)23-9-4-6-15(23)17-21-18(22-26-17)19(20)7-5-8-19;/h10-11,15H,4-9,20H2,1-3H3;1H. The van der Waals surface area contributed by atoms with Gasteiger partial charge in [-0.3, -0.25) is 0 Å². The number of nitrogens with zero attached hydrogens (tertiary/aromatic N) is 3. The molecule has 1 saturated carbocycles.